The Labute approximate surface area is 165 Å². The number of carbonyl (C=O) groups excluding carboxylic acids is 1. The molecule has 1 aliphatic heterocycles. The lowest BCUT2D eigenvalue weighted by molar-refractivity contribution is -0.126. The van der Waals surface area contributed by atoms with Gasteiger partial charge in [-0.1, -0.05) is 6.07 Å². The van der Waals surface area contributed by atoms with Crippen molar-refractivity contribution in [3.8, 4) is 11.5 Å². The second-order valence-corrected chi connectivity index (χ2v) is 7.59. The smallest absolute Gasteiger partial charge is 0.246 e. The number of piperidine rings is 1. The number of nitrogens with zero attached hydrogens (tertiary/aromatic N) is 2. The summed E-state index contributed by atoms with van der Waals surface area (Å²) < 4.78 is 11.4. The summed E-state index contributed by atoms with van der Waals surface area (Å²) in [6.45, 7) is 2.66. The van der Waals surface area contributed by atoms with Gasteiger partial charge in [-0.2, -0.15) is 0 Å². The molecule has 6 heteroatoms. The standard InChI is InChI=1S/C22H27N3O3/c26-22(16-27-15-17-6-7-17)24-18-3-2-12-25(14-18)19-4-1-5-21(13-19)28-20-8-10-23-11-9-20/h1,4-5,8-11,13,17-18H,2-3,6-7,12,14-16H2,(H,24,26)/t18-/m0/s1. The monoisotopic (exact) mass is 381 g/mol. The van der Waals surface area contributed by atoms with Crippen LogP contribution in [0.2, 0.25) is 0 Å². The van der Waals surface area contributed by atoms with Crippen LogP contribution in [0.4, 0.5) is 5.69 Å². The molecule has 2 heterocycles. The fourth-order valence-corrected chi connectivity index (χ4v) is 3.49. The van der Waals surface area contributed by atoms with Gasteiger partial charge in [0.2, 0.25) is 5.91 Å². The third kappa shape index (κ3) is 5.45. The Morgan fingerprint density at radius 1 is 1.14 bits per heavy atom. The first-order chi connectivity index (χ1) is 13.8. The second-order valence-electron chi connectivity index (χ2n) is 7.59. The van der Waals surface area contributed by atoms with Gasteiger partial charge in [0, 0.05) is 43.3 Å². The van der Waals surface area contributed by atoms with Crippen molar-refractivity contribution in [3.63, 3.8) is 0 Å². The Balaban J connectivity index is 1.31. The normalized spacial score (nSPS) is 19.3. The highest BCUT2D eigenvalue weighted by Crippen LogP contribution is 2.29. The van der Waals surface area contributed by atoms with E-state index in [9.17, 15) is 4.79 Å². The average Bonchev–Trinajstić information content (AvgIpc) is 3.54. The minimum atomic E-state index is -0.0118. The van der Waals surface area contributed by atoms with Crippen molar-refractivity contribution in [1.82, 2.24) is 10.3 Å². The fraction of sp³-hybridized carbons (Fsp3) is 0.455. The zero-order chi connectivity index (χ0) is 19.2. The Morgan fingerprint density at radius 3 is 2.82 bits per heavy atom. The molecule has 1 aliphatic carbocycles. The van der Waals surface area contributed by atoms with E-state index in [0.717, 1.165) is 43.1 Å². The molecule has 0 radical (unpaired) electrons. The van der Waals surface area contributed by atoms with E-state index in [1.165, 1.54) is 12.8 Å². The molecule has 1 N–H and O–H groups in total. The van der Waals surface area contributed by atoms with E-state index in [1.807, 2.05) is 30.3 Å². The van der Waals surface area contributed by atoms with Gasteiger partial charge < -0.3 is 19.7 Å². The fourth-order valence-electron chi connectivity index (χ4n) is 3.49. The summed E-state index contributed by atoms with van der Waals surface area (Å²) >= 11 is 0. The van der Waals surface area contributed by atoms with Crippen LogP contribution < -0.4 is 15.0 Å². The number of rotatable bonds is 8. The topological polar surface area (TPSA) is 63.7 Å². The van der Waals surface area contributed by atoms with E-state index in [4.69, 9.17) is 9.47 Å². The maximum atomic E-state index is 12.1. The van der Waals surface area contributed by atoms with Crippen molar-refractivity contribution in [1.29, 1.82) is 0 Å². The first kappa shape index (κ1) is 18.7. The van der Waals surface area contributed by atoms with E-state index in [-0.39, 0.29) is 18.6 Å². The van der Waals surface area contributed by atoms with Crippen LogP contribution in [-0.2, 0) is 9.53 Å². The molecule has 0 unspecified atom stereocenters. The van der Waals surface area contributed by atoms with Gasteiger partial charge in [0.15, 0.2) is 0 Å². The lowest BCUT2D eigenvalue weighted by atomic mass is 10.0. The number of carbonyl (C=O) groups is 1. The van der Waals surface area contributed by atoms with Gasteiger partial charge in [-0.05, 0) is 55.9 Å². The van der Waals surface area contributed by atoms with Gasteiger partial charge in [0.05, 0.1) is 6.61 Å². The van der Waals surface area contributed by atoms with Crippen LogP contribution in [0.15, 0.2) is 48.8 Å². The molecule has 2 aliphatic rings. The summed E-state index contributed by atoms with van der Waals surface area (Å²) in [4.78, 5) is 18.4. The zero-order valence-electron chi connectivity index (χ0n) is 16.0. The number of hydrogen-bond acceptors (Lipinski definition) is 5. The quantitative estimate of drug-likeness (QED) is 0.759. The number of aromatic nitrogens is 1. The molecule has 1 saturated carbocycles. The number of anilines is 1. The summed E-state index contributed by atoms with van der Waals surface area (Å²) in [5.74, 6) is 2.23. The molecule has 4 rings (SSSR count). The number of hydrogen-bond donors (Lipinski definition) is 1. The lowest BCUT2D eigenvalue weighted by Crippen LogP contribution is -2.48. The van der Waals surface area contributed by atoms with Gasteiger partial charge in [-0.25, -0.2) is 0 Å². The number of nitrogens with one attached hydrogen (secondary N) is 1. The molecule has 1 atom stereocenters. The van der Waals surface area contributed by atoms with Gasteiger partial charge in [-0.15, -0.1) is 0 Å². The first-order valence-corrected chi connectivity index (χ1v) is 10.1. The van der Waals surface area contributed by atoms with Crippen LogP contribution in [0, 0.1) is 5.92 Å². The number of pyridine rings is 1. The Hall–Kier alpha value is -2.60. The van der Waals surface area contributed by atoms with Crippen LogP contribution in [0.5, 0.6) is 11.5 Å². The molecule has 148 valence electrons. The van der Waals surface area contributed by atoms with Crippen LogP contribution in [0.1, 0.15) is 25.7 Å². The molecular weight excluding hydrogens is 354 g/mol. The molecule has 6 nitrogen and oxygen atoms in total. The SMILES string of the molecule is O=C(COCC1CC1)N[C@H]1CCCN(c2cccc(Oc3ccncc3)c2)C1. The lowest BCUT2D eigenvalue weighted by Gasteiger charge is -2.35. The van der Waals surface area contributed by atoms with Gasteiger partial charge in [-0.3, -0.25) is 9.78 Å². The molecule has 28 heavy (non-hydrogen) atoms. The summed E-state index contributed by atoms with van der Waals surface area (Å²) in [6, 6.07) is 11.9. The highest BCUT2D eigenvalue weighted by molar-refractivity contribution is 5.77. The molecule has 2 fully saturated rings. The first-order valence-electron chi connectivity index (χ1n) is 10.1. The minimum absolute atomic E-state index is 0.0118. The molecule has 0 bridgehead atoms. The van der Waals surface area contributed by atoms with Crippen LogP contribution in [0.25, 0.3) is 0 Å². The molecular formula is C22H27N3O3. The predicted molar refractivity (Wildman–Crippen MR) is 108 cm³/mol. The summed E-state index contributed by atoms with van der Waals surface area (Å²) in [5.41, 5.74) is 1.11. The molecule has 2 aromatic rings. The highest BCUT2D eigenvalue weighted by atomic mass is 16.5. The van der Waals surface area contributed by atoms with Gasteiger partial charge in [0.25, 0.3) is 0 Å². The van der Waals surface area contributed by atoms with E-state index >= 15 is 0 Å². The number of ether oxygens (including phenoxy) is 2. The Bertz CT molecular complexity index is 780. The maximum Gasteiger partial charge on any atom is 0.246 e. The van der Waals surface area contributed by atoms with Crippen molar-refractivity contribution in [2.24, 2.45) is 5.92 Å². The summed E-state index contributed by atoms with van der Waals surface area (Å²) in [6.07, 6.45) is 7.95. The average molecular weight is 381 g/mol. The van der Waals surface area contributed by atoms with Crippen molar-refractivity contribution < 1.29 is 14.3 Å². The Morgan fingerprint density at radius 2 is 2.00 bits per heavy atom. The summed E-state index contributed by atoms with van der Waals surface area (Å²) in [5, 5.41) is 3.12. The van der Waals surface area contributed by atoms with E-state index in [1.54, 1.807) is 12.4 Å². The van der Waals surface area contributed by atoms with Crippen LogP contribution in [0.3, 0.4) is 0 Å². The second kappa shape index (κ2) is 9.06. The number of amides is 1. The van der Waals surface area contributed by atoms with Crippen LogP contribution >= 0.6 is 0 Å². The van der Waals surface area contributed by atoms with Crippen molar-refractivity contribution in [3.05, 3.63) is 48.8 Å². The largest absolute Gasteiger partial charge is 0.457 e. The summed E-state index contributed by atoms with van der Waals surface area (Å²) in [7, 11) is 0. The maximum absolute atomic E-state index is 12.1. The van der Waals surface area contributed by atoms with Gasteiger partial charge in [0.1, 0.15) is 18.1 Å². The molecule has 1 amide bonds. The third-order valence-corrected chi connectivity index (χ3v) is 5.14. The van der Waals surface area contributed by atoms with E-state index < -0.39 is 0 Å². The molecule has 1 saturated heterocycles. The van der Waals surface area contributed by atoms with Crippen molar-refractivity contribution in [2.75, 3.05) is 31.2 Å². The highest BCUT2D eigenvalue weighted by Gasteiger charge is 2.24. The van der Waals surface area contributed by atoms with Crippen molar-refractivity contribution in [2.45, 2.75) is 31.7 Å². The van der Waals surface area contributed by atoms with Crippen molar-refractivity contribution >= 4 is 11.6 Å². The third-order valence-electron chi connectivity index (χ3n) is 5.14. The zero-order valence-corrected chi connectivity index (χ0v) is 16.0. The molecule has 1 aromatic carbocycles. The van der Waals surface area contributed by atoms with Crippen LogP contribution in [-0.4, -0.2) is 43.2 Å². The molecule has 0 spiro atoms. The van der Waals surface area contributed by atoms with E-state index in [0.29, 0.717) is 12.5 Å². The number of benzene rings is 1. The molecule has 1 aromatic heterocycles. The predicted octanol–water partition coefficient (Wildman–Crippen LogP) is 3.39. The Kier molecular flexibility index (Phi) is 6.07. The van der Waals surface area contributed by atoms with E-state index in [2.05, 4.69) is 21.3 Å². The van der Waals surface area contributed by atoms with Gasteiger partial charge >= 0.3 is 0 Å². The minimum Gasteiger partial charge on any atom is -0.457 e.